The molecule has 0 unspecified atom stereocenters. The molecule has 0 aliphatic carbocycles. The third-order valence-electron chi connectivity index (χ3n) is 4.74. The van der Waals surface area contributed by atoms with Gasteiger partial charge < -0.3 is 15.4 Å². The van der Waals surface area contributed by atoms with Crippen LogP contribution in [-0.2, 0) is 16.0 Å². The van der Waals surface area contributed by atoms with Gasteiger partial charge in [-0.3, -0.25) is 4.79 Å². The SMILES string of the molecule is C#C.C=C(OC)c1ccc(-c2ccc3c(c2)CC[C@H](C)N3C(C)=O)cc1.C=CN. The van der Waals surface area contributed by atoms with Crippen LogP contribution in [0.1, 0.15) is 31.4 Å². The fourth-order valence-electron chi connectivity index (χ4n) is 3.38. The van der Waals surface area contributed by atoms with Crippen LogP contribution in [0.25, 0.3) is 16.9 Å². The summed E-state index contributed by atoms with van der Waals surface area (Å²) in [4.78, 5) is 13.9. The molecule has 2 N–H and O–H groups in total. The molecule has 2 aromatic rings. The topological polar surface area (TPSA) is 55.6 Å². The number of aryl methyl sites for hydroxylation is 1. The van der Waals surface area contributed by atoms with Gasteiger partial charge in [-0.15, -0.1) is 12.8 Å². The highest BCUT2D eigenvalue weighted by atomic mass is 16.5. The normalized spacial score (nSPS) is 14.1. The Kier molecular flexibility index (Phi) is 9.28. The summed E-state index contributed by atoms with van der Waals surface area (Å²) in [6, 6.07) is 14.8. The number of hydrogen-bond acceptors (Lipinski definition) is 3. The van der Waals surface area contributed by atoms with Crippen LogP contribution >= 0.6 is 0 Å². The molecule has 4 heteroatoms. The van der Waals surface area contributed by atoms with Gasteiger partial charge in [-0.2, -0.15) is 0 Å². The van der Waals surface area contributed by atoms with Crippen LogP contribution in [0.3, 0.4) is 0 Å². The summed E-state index contributed by atoms with van der Waals surface area (Å²) in [7, 11) is 1.63. The fourth-order valence-corrected chi connectivity index (χ4v) is 3.38. The van der Waals surface area contributed by atoms with Gasteiger partial charge in [0.05, 0.1) is 7.11 Å². The van der Waals surface area contributed by atoms with E-state index in [1.807, 2.05) is 17.0 Å². The molecule has 0 fully saturated rings. The number of carbonyl (C=O) groups is 1. The first-order valence-electron chi connectivity index (χ1n) is 9.35. The summed E-state index contributed by atoms with van der Waals surface area (Å²) in [5.41, 5.74) is 10.2. The molecule has 1 amide bonds. The predicted octanol–water partition coefficient (Wildman–Crippen LogP) is 5.00. The molecule has 152 valence electrons. The van der Waals surface area contributed by atoms with Gasteiger partial charge in [0.2, 0.25) is 5.91 Å². The molecule has 1 aliphatic heterocycles. The molecule has 0 aromatic heterocycles. The smallest absolute Gasteiger partial charge is 0.224 e. The van der Waals surface area contributed by atoms with Gasteiger partial charge in [-0.1, -0.05) is 43.5 Å². The van der Waals surface area contributed by atoms with E-state index in [9.17, 15) is 4.79 Å². The third kappa shape index (κ3) is 5.76. The van der Waals surface area contributed by atoms with Crippen molar-refractivity contribution in [2.75, 3.05) is 12.0 Å². The lowest BCUT2D eigenvalue weighted by Gasteiger charge is -2.34. The summed E-state index contributed by atoms with van der Waals surface area (Å²) in [6.07, 6.45) is 11.3. The minimum atomic E-state index is 0.110. The Morgan fingerprint density at radius 3 is 2.28 bits per heavy atom. The lowest BCUT2D eigenvalue weighted by Crippen LogP contribution is -2.40. The molecule has 0 spiro atoms. The van der Waals surface area contributed by atoms with E-state index in [0.29, 0.717) is 5.76 Å². The van der Waals surface area contributed by atoms with Crippen LogP contribution in [0.5, 0.6) is 0 Å². The Morgan fingerprint density at radius 2 is 1.76 bits per heavy atom. The predicted molar refractivity (Wildman–Crippen MR) is 123 cm³/mol. The van der Waals surface area contributed by atoms with Crippen LogP contribution < -0.4 is 10.6 Å². The lowest BCUT2D eigenvalue weighted by molar-refractivity contribution is -0.117. The number of benzene rings is 2. The van der Waals surface area contributed by atoms with E-state index in [1.165, 1.54) is 17.3 Å². The average molecular weight is 391 g/mol. The molecule has 0 bridgehead atoms. The summed E-state index contributed by atoms with van der Waals surface area (Å²) in [5, 5.41) is 0. The van der Waals surface area contributed by atoms with E-state index < -0.39 is 0 Å². The van der Waals surface area contributed by atoms with Crippen molar-refractivity contribution in [3.05, 3.63) is 72.9 Å². The number of rotatable bonds is 3. The standard InChI is InChI=1S/C21H23NO2.C2H5N.C2H2/c1-14-5-6-20-13-19(11-12-21(20)22(14)16(3)23)18-9-7-17(8-10-18)15(2)24-4;1-2-3;1-2/h7-14H,2,5-6H2,1,3-4H3;2H,1,3H2;1-2H/t14-;;/m0../s1. The van der Waals surface area contributed by atoms with Gasteiger partial charge in [0.1, 0.15) is 5.76 Å². The zero-order chi connectivity index (χ0) is 22.0. The molecule has 3 rings (SSSR count). The second-order valence-electron chi connectivity index (χ2n) is 6.56. The van der Waals surface area contributed by atoms with Crippen LogP contribution in [0.15, 0.2) is 61.8 Å². The van der Waals surface area contributed by atoms with E-state index in [0.717, 1.165) is 29.7 Å². The van der Waals surface area contributed by atoms with Gasteiger partial charge in [-0.25, -0.2) is 0 Å². The molecule has 0 radical (unpaired) electrons. The summed E-state index contributed by atoms with van der Waals surface area (Å²) >= 11 is 0. The number of carbonyl (C=O) groups excluding carboxylic acids is 1. The van der Waals surface area contributed by atoms with E-state index in [4.69, 9.17) is 4.74 Å². The van der Waals surface area contributed by atoms with Crippen molar-refractivity contribution < 1.29 is 9.53 Å². The Morgan fingerprint density at radius 1 is 1.21 bits per heavy atom. The Bertz CT molecular complexity index is 866. The molecular weight excluding hydrogens is 360 g/mol. The molecule has 0 saturated carbocycles. The van der Waals surface area contributed by atoms with Crippen molar-refractivity contribution in [1.82, 2.24) is 0 Å². The van der Waals surface area contributed by atoms with E-state index in [-0.39, 0.29) is 11.9 Å². The maximum absolute atomic E-state index is 12.0. The highest BCUT2D eigenvalue weighted by Crippen LogP contribution is 2.34. The van der Waals surface area contributed by atoms with Crippen LogP contribution in [-0.4, -0.2) is 19.1 Å². The number of nitrogens with zero attached hydrogens (tertiary/aromatic N) is 1. The van der Waals surface area contributed by atoms with E-state index >= 15 is 0 Å². The first kappa shape index (κ1) is 23.6. The number of anilines is 1. The molecule has 1 atom stereocenters. The van der Waals surface area contributed by atoms with Gasteiger partial charge in [-0.05, 0) is 54.8 Å². The molecule has 1 heterocycles. The lowest BCUT2D eigenvalue weighted by atomic mass is 9.93. The number of nitrogens with two attached hydrogens (primary N) is 1. The van der Waals surface area contributed by atoms with E-state index in [2.05, 4.69) is 69.0 Å². The van der Waals surface area contributed by atoms with Crippen LogP contribution in [0.4, 0.5) is 5.69 Å². The largest absolute Gasteiger partial charge is 0.497 e. The second kappa shape index (κ2) is 11.4. The fraction of sp³-hybridized carbons (Fsp3) is 0.240. The first-order chi connectivity index (χ1) is 13.9. The number of fused-ring (bicyclic) bond motifs is 1. The quantitative estimate of drug-likeness (QED) is 0.593. The first-order valence-corrected chi connectivity index (χ1v) is 9.35. The van der Waals surface area contributed by atoms with Crippen LogP contribution in [0.2, 0.25) is 0 Å². The van der Waals surface area contributed by atoms with Crippen molar-refractivity contribution >= 4 is 17.4 Å². The minimum absolute atomic E-state index is 0.110. The highest BCUT2D eigenvalue weighted by molar-refractivity contribution is 5.94. The number of terminal acetylenes is 1. The second-order valence-corrected chi connectivity index (χ2v) is 6.56. The van der Waals surface area contributed by atoms with Crippen molar-refractivity contribution in [3.63, 3.8) is 0 Å². The van der Waals surface area contributed by atoms with Crippen molar-refractivity contribution in [2.24, 2.45) is 5.73 Å². The zero-order valence-corrected chi connectivity index (χ0v) is 17.5. The monoisotopic (exact) mass is 390 g/mol. The van der Waals surface area contributed by atoms with Gasteiger partial charge in [0.25, 0.3) is 0 Å². The Labute approximate surface area is 174 Å². The highest BCUT2D eigenvalue weighted by Gasteiger charge is 2.26. The zero-order valence-electron chi connectivity index (χ0n) is 17.5. The van der Waals surface area contributed by atoms with Crippen molar-refractivity contribution in [2.45, 2.75) is 32.7 Å². The van der Waals surface area contributed by atoms with Crippen LogP contribution in [0, 0.1) is 12.8 Å². The summed E-state index contributed by atoms with van der Waals surface area (Å²) < 4.78 is 5.17. The third-order valence-corrected chi connectivity index (χ3v) is 4.74. The minimum Gasteiger partial charge on any atom is -0.497 e. The van der Waals surface area contributed by atoms with Gasteiger partial charge in [0.15, 0.2) is 0 Å². The molecule has 2 aromatic carbocycles. The van der Waals surface area contributed by atoms with E-state index in [1.54, 1.807) is 14.0 Å². The maximum atomic E-state index is 12.0. The Hall–Kier alpha value is -3.45. The Balaban J connectivity index is 0.000000771. The molecular formula is C25H30N2O2. The van der Waals surface area contributed by atoms with Crippen molar-refractivity contribution in [1.29, 1.82) is 0 Å². The molecule has 29 heavy (non-hydrogen) atoms. The summed E-state index contributed by atoms with van der Waals surface area (Å²) in [6.45, 7) is 10.8. The van der Waals surface area contributed by atoms with Gasteiger partial charge in [0, 0.05) is 24.2 Å². The number of methoxy groups -OCH3 is 1. The van der Waals surface area contributed by atoms with Gasteiger partial charge >= 0.3 is 0 Å². The van der Waals surface area contributed by atoms with Crippen molar-refractivity contribution in [3.8, 4) is 24.0 Å². The average Bonchev–Trinajstić information content (AvgIpc) is 2.74. The number of hydrogen-bond donors (Lipinski definition) is 1. The summed E-state index contributed by atoms with van der Waals surface area (Å²) in [5.74, 6) is 0.775. The molecule has 0 saturated heterocycles. The molecule has 1 aliphatic rings. The number of amides is 1. The number of ether oxygens (including phenoxy) is 1. The maximum Gasteiger partial charge on any atom is 0.224 e. The molecule has 4 nitrogen and oxygen atoms in total.